The molecule has 0 aliphatic rings. The highest BCUT2D eigenvalue weighted by molar-refractivity contribution is 14.0. The van der Waals surface area contributed by atoms with Crippen molar-refractivity contribution in [3.05, 3.63) is 72.3 Å². The third kappa shape index (κ3) is 6.72. The number of aromatic nitrogens is 3. The highest BCUT2D eigenvalue weighted by Gasteiger charge is 2.14. The van der Waals surface area contributed by atoms with E-state index in [1.54, 1.807) is 13.4 Å². The summed E-state index contributed by atoms with van der Waals surface area (Å²) in [6, 6.07) is 18.0. The van der Waals surface area contributed by atoms with Crippen LogP contribution in [-0.2, 0) is 13.1 Å². The monoisotopic (exact) mass is 520 g/mol. The molecule has 3 rings (SSSR count). The molecule has 0 saturated carbocycles. The van der Waals surface area contributed by atoms with Crippen LogP contribution in [0.1, 0.15) is 32.2 Å². The Morgan fingerprint density at radius 3 is 2.37 bits per heavy atom. The zero-order chi connectivity index (χ0) is 20.7. The van der Waals surface area contributed by atoms with E-state index in [0.717, 1.165) is 22.8 Å². The Morgan fingerprint density at radius 1 is 1.00 bits per heavy atom. The van der Waals surface area contributed by atoms with Crippen molar-refractivity contribution in [1.82, 2.24) is 25.4 Å². The minimum atomic E-state index is -0.252. The fourth-order valence-electron chi connectivity index (χ4n) is 2.83. The molecular formula is C22H29IN6O. The fraction of sp³-hybridized carbons (Fsp3) is 0.318. The van der Waals surface area contributed by atoms with Crippen LogP contribution >= 0.6 is 24.0 Å². The standard InChI is InChI=1S/C22H28N6O.HI/c1-22(2,3)29-19-13-9-8-10-17(19)14-24-21(23-4)25-15-20-27-26-16-28(20)18-11-6-5-7-12-18;/h5-13,16H,14-15H2,1-4H3,(H2,23,24,25);1H. The van der Waals surface area contributed by atoms with Crippen molar-refractivity contribution in [2.45, 2.75) is 39.5 Å². The number of ether oxygens (including phenoxy) is 1. The molecule has 3 aromatic rings. The number of guanidine groups is 1. The van der Waals surface area contributed by atoms with Gasteiger partial charge in [0, 0.05) is 24.8 Å². The minimum Gasteiger partial charge on any atom is -0.488 e. The van der Waals surface area contributed by atoms with Crippen LogP contribution in [0.5, 0.6) is 5.75 Å². The lowest BCUT2D eigenvalue weighted by atomic mass is 10.1. The summed E-state index contributed by atoms with van der Waals surface area (Å²) in [5, 5.41) is 14.9. The lowest BCUT2D eigenvalue weighted by Crippen LogP contribution is -2.37. The summed E-state index contributed by atoms with van der Waals surface area (Å²) in [5.41, 5.74) is 1.83. The molecule has 30 heavy (non-hydrogen) atoms. The van der Waals surface area contributed by atoms with E-state index in [1.165, 1.54) is 0 Å². The van der Waals surface area contributed by atoms with E-state index >= 15 is 0 Å². The maximum atomic E-state index is 6.06. The SMILES string of the molecule is CN=C(NCc1ccccc1OC(C)(C)C)NCc1nncn1-c1ccccc1.I. The van der Waals surface area contributed by atoms with Crippen LogP contribution in [0.3, 0.4) is 0 Å². The van der Waals surface area contributed by atoms with E-state index in [4.69, 9.17) is 4.74 Å². The number of hydrogen-bond donors (Lipinski definition) is 2. The smallest absolute Gasteiger partial charge is 0.191 e. The molecule has 0 aliphatic carbocycles. The van der Waals surface area contributed by atoms with Crippen molar-refractivity contribution in [3.63, 3.8) is 0 Å². The molecule has 1 heterocycles. The average molecular weight is 520 g/mol. The molecule has 0 spiro atoms. The molecule has 8 heteroatoms. The number of aliphatic imine (C=N–C) groups is 1. The number of nitrogens with zero attached hydrogens (tertiary/aromatic N) is 4. The molecule has 0 radical (unpaired) electrons. The molecule has 0 amide bonds. The van der Waals surface area contributed by atoms with Gasteiger partial charge in [-0.1, -0.05) is 36.4 Å². The zero-order valence-corrected chi connectivity index (χ0v) is 20.1. The first-order chi connectivity index (χ1) is 14.0. The molecular weight excluding hydrogens is 491 g/mol. The molecule has 0 fully saturated rings. The molecule has 1 aromatic heterocycles. The third-order valence-corrected chi connectivity index (χ3v) is 4.13. The Labute approximate surface area is 195 Å². The predicted octanol–water partition coefficient (Wildman–Crippen LogP) is 3.93. The van der Waals surface area contributed by atoms with Crippen LogP contribution in [0, 0.1) is 0 Å². The molecule has 0 saturated heterocycles. The van der Waals surface area contributed by atoms with E-state index < -0.39 is 0 Å². The van der Waals surface area contributed by atoms with Gasteiger partial charge in [-0.15, -0.1) is 34.2 Å². The Morgan fingerprint density at radius 2 is 1.67 bits per heavy atom. The van der Waals surface area contributed by atoms with E-state index in [-0.39, 0.29) is 29.6 Å². The topological polar surface area (TPSA) is 76.4 Å². The Kier molecular flexibility index (Phi) is 8.64. The predicted molar refractivity (Wildman–Crippen MR) is 131 cm³/mol. The van der Waals surface area contributed by atoms with Crippen LogP contribution in [-0.4, -0.2) is 33.4 Å². The molecule has 0 bridgehead atoms. The summed E-state index contributed by atoms with van der Waals surface area (Å²) in [6.07, 6.45) is 1.71. The van der Waals surface area contributed by atoms with Crippen molar-refractivity contribution in [2.24, 2.45) is 4.99 Å². The summed E-state index contributed by atoms with van der Waals surface area (Å²) >= 11 is 0. The molecule has 2 aromatic carbocycles. The van der Waals surface area contributed by atoms with Gasteiger partial charge in [0.15, 0.2) is 11.8 Å². The summed E-state index contributed by atoms with van der Waals surface area (Å²) in [6.45, 7) is 7.22. The Hall–Kier alpha value is -2.62. The van der Waals surface area contributed by atoms with Gasteiger partial charge >= 0.3 is 0 Å². The van der Waals surface area contributed by atoms with Crippen molar-refractivity contribution in [1.29, 1.82) is 0 Å². The quantitative estimate of drug-likeness (QED) is 0.293. The molecule has 0 atom stereocenters. The maximum Gasteiger partial charge on any atom is 0.191 e. The van der Waals surface area contributed by atoms with E-state index in [1.807, 2.05) is 79.9 Å². The molecule has 0 unspecified atom stereocenters. The average Bonchev–Trinajstić information content (AvgIpc) is 3.17. The van der Waals surface area contributed by atoms with E-state index in [9.17, 15) is 0 Å². The molecule has 2 N–H and O–H groups in total. The summed E-state index contributed by atoms with van der Waals surface area (Å²) in [5.74, 6) is 2.35. The first kappa shape index (κ1) is 23.7. The normalized spacial score (nSPS) is 11.5. The van der Waals surface area contributed by atoms with E-state index in [2.05, 4.69) is 25.8 Å². The summed E-state index contributed by atoms with van der Waals surface area (Å²) < 4.78 is 8.01. The van der Waals surface area contributed by atoms with Crippen molar-refractivity contribution < 1.29 is 4.74 Å². The number of nitrogens with one attached hydrogen (secondary N) is 2. The van der Waals surface area contributed by atoms with Crippen molar-refractivity contribution >= 4 is 29.9 Å². The largest absolute Gasteiger partial charge is 0.488 e. The van der Waals surface area contributed by atoms with Gasteiger partial charge in [-0.05, 0) is 39.0 Å². The van der Waals surface area contributed by atoms with Crippen LogP contribution in [0.15, 0.2) is 65.9 Å². The van der Waals surface area contributed by atoms with Gasteiger partial charge in [0.25, 0.3) is 0 Å². The summed E-state index contributed by atoms with van der Waals surface area (Å²) in [4.78, 5) is 4.31. The molecule has 7 nitrogen and oxygen atoms in total. The number of hydrogen-bond acceptors (Lipinski definition) is 4. The lowest BCUT2D eigenvalue weighted by Gasteiger charge is -2.23. The Balaban J connectivity index is 0.00000320. The van der Waals surface area contributed by atoms with Gasteiger partial charge in [-0.25, -0.2) is 0 Å². The van der Waals surface area contributed by atoms with Gasteiger partial charge in [-0.2, -0.15) is 0 Å². The Bertz CT molecular complexity index is 950. The second-order valence-corrected chi connectivity index (χ2v) is 7.55. The number of rotatable bonds is 6. The van der Waals surface area contributed by atoms with Crippen molar-refractivity contribution in [2.75, 3.05) is 7.05 Å². The first-order valence-corrected chi connectivity index (χ1v) is 9.62. The second-order valence-electron chi connectivity index (χ2n) is 7.55. The first-order valence-electron chi connectivity index (χ1n) is 9.62. The van der Waals surface area contributed by atoms with Crippen LogP contribution in [0.2, 0.25) is 0 Å². The van der Waals surface area contributed by atoms with Crippen LogP contribution in [0.4, 0.5) is 0 Å². The van der Waals surface area contributed by atoms with Crippen LogP contribution < -0.4 is 15.4 Å². The number of halogens is 1. The van der Waals surface area contributed by atoms with Gasteiger partial charge in [0.05, 0.1) is 6.54 Å². The van der Waals surface area contributed by atoms with E-state index in [0.29, 0.717) is 19.0 Å². The molecule has 160 valence electrons. The minimum absolute atomic E-state index is 0. The fourth-order valence-corrected chi connectivity index (χ4v) is 2.83. The maximum absolute atomic E-state index is 6.06. The zero-order valence-electron chi connectivity index (χ0n) is 17.8. The lowest BCUT2D eigenvalue weighted by molar-refractivity contribution is 0.129. The highest BCUT2D eigenvalue weighted by atomic mass is 127. The van der Waals surface area contributed by atoms with Crippen LogP contribution in [0.25, 0.3) is 5.69 Å². The van der Waals surface area contributed by atoms with Gasteiger partial charge in [0.1, 0.15) is 17.7 Å². The second kappa shape index (κ2) is 11.0. The van der Waals surface area contributed by atoms with Crippen molar-refractivity contribution in [3.8, 4) is 11.4 Å². The van der Waals surface area contributed by atoms with Gasteiger partial charge in [-0.3, -0.25) is 9.56 Å². The number of benzene rings is 2. The summed E-state index contributed by atoms with van der Waals surface area (Å²) in [7, 11) is 1.74. The van der Waals surface area contributed by atoms with Gasteiger partial charge in [0.2, 0.25) is 0 Å². The highest BCUT2D eigenvalue weighted by Crippen LogP contribution is 2.22. The number of para-hydroxylation sites is 2. The molecule has 0 aliphatic heterocycles. The van der Waals surface area contributed by atoms with Gasteiger partial charge < -0.3 is 15.4 Å². The third-order valence-electron chi connectivity index (χ3n) is 4.13.